The van der Waals surface area contributed by atoms with Crippen LogP contribution in [-0.4, -0.2) is 0 Å². The van der Waals surface area contributed by atoms with E-state index in [0.717, 1.165) is 0 Å². The monoisotopic (exact) mass is 656 g/mol. The summed E-state index contributed by atoms with van der Waals surface area (Å²) in [4.78, 5) is 0. The molecule has 0 aliphatic heterocycles. The molecule has 0 heteroatoms. The van der Waals surface area contributed by atoms with Crippen molar-refractivity contribution in [2.45, 2.75) is 0 Å². The van der Waals surface area contributed by atoms with Crippen molar-refractivity contribution in [3.8, 4) is 44.5 Å². The summed E-state index contributed by atoms with van der Waals surface area (Å²) in [6, 6.07) is 71.8. The van der Waals surface area contributed by atoms with Crippen LogP contribution in [0, 0.1) is 0 Å². The first-order chi connectivity index (χ1) is 25.8. The Bertz CT molecular complexity index is 3150. The van der Waals surface area contributed by atoms with Crippen molar-refractivity contribution in [2.24, 2.45) is 0 Å². The third-order valence-corrected chi connectivity index (χ3v) is 11.2. The van der Waals surface area contributed by atoms with E-state index < -0.39 is 0 Å². The van der Waals surface area contributed by atoms with Gasteiger partial charge in [0.25, 0.3) is 0 Å². The molecule has 240 valence electrons. The first-order valence-corrected chi connectivity index (χ1v) is 18.1. The van der Waals surface area contributed by atoms with Crippen molar-refractivity contribution in [1.82, 2.24) is 0 Å². The predicted octanol–water partition coefficient (Wildman–Crippen LogP) is 14.7. The molecule has 0 spiro atoms. The lowest BCUT2D eigenvalue weighted by Crippen LogP contribution is -1.90. The Labute approximate surface area is 302 Å². The van der Waals surface area contributed by atoms with Gasteiger partial charge in [0.2, 0.25) is 0 Å². The summed E-state index contributed by atoms with van der Waals surface area (Å²) in [5.74, 6) is 0. The Morgan fingerprint density at radius 2 is 0.558 bits per heavy atom. The Morgan fingerprint density at radius 3 is 1.08 bits per heavy atom. The minimum atomic E-state index is 1.24. The second-order valence-corrected chi connectivity index (χ2v) is 14.1. The van der Waals surface area contributed by atoms with Crippen molar-refractivity contribution >= 4 is 64.6 Å². The molecular formula is C52H32. The number of rotatable bonds is 4. The quantitative estimate of drug-likeness (QED) is 0.165. The van der Waals surface area contributed by atoms with E-state index in [9.17, 15) is 0 Å². The second-order valence-electron chi connectivity index (χ2n) is 14.1. The van der Waals surface area contributed by atoms with Crippen LogP contribution in [-0.2, 0) is 0 Å². The van der Waals surface area contributed by atoms with E-state index in [1.165, 1.54) is 109 Å². The normalized spacial score (nSPS) is 11.8. The molecule has 0 saturated heterocycles. The Kier molecular flexibility index (Phi) is 6.35. The Hall–Kier alpha value is -6.76. The molecule has 52 heavy (non-hydrogen) atoms. The molecule has 0 aromatic heterocycles. The Balaban J connectivity index is 1.01. The fourth-order valence-corrected chi connectivity index (χ4v) is 8.67. The molecule has 11 aromatic rings. The smallest absolute Gasteiger partial charge is 0.00203 e. The van der Waals surface area contributed by atoms with E-state index in [1.807, 2.05) is 0 Å². The Morgan fingerprint density at radius 1 is 0.192 bits per heavy atom. The van der Waals surface area contributed by atoms with E-state index in [4.69, 9.17) is 0 Å². The first kappa shape index (κ1) is 29.0. The van der Waals surface area contributed by atoms with Gasteiger partial charge in [0.05, 0.1) is 0 Å². The van der Waals surface area contributed by atoms with Crippen molar-refractivity contribution in [1.29, 1.82) is 0 Å². The average molecular weight is 657 g/mol. The standard InChI is InChI=1S/C52H32/c1-3-11-43-33(7-1)9-5-13-45(43)35-15-17-36(18-16-35)47-27-23-37-26-30-50-48(28-24-38-25-29-49(47)51(37)52(38)50)42-22-20-39-31-41(21-19-40(39)32-42)46-14-6-10-34-8-2-4-12-44(34)46/h1-32H. The van der Waals surface area contributed by atoms with Gasteiger partial charge in [0.1, 0.15) is 0 Å². The molecule has 0 atom stereocenters. The lowest BCUT2D eigenvalue weighted by molar-refractivity contribution is 1.63. The van der Waals surface area contributed by atoms with Crippen molar-refractivity contribution in [3.05, 3.63) is 194 Å². The molecule has 0 saturated carbocycles. The summed E-state index contributed by atoms with van der Waals surface area (Å²) in [6.07, 6.45) is 0. The van der Waals surface area contributed by atoms with Gasteiger partial charge in [-0.25, -0.2) is 0 Å². The summed E-state index contributed by atoms with van der Waals surface area (Å²) >= 11 is 0. The number of fused-ring (bicyclic) bond motifs is 3. The van der Waals surface area contributed by atoms with Crippen LogP contribution in [0.3, 0.4) is 0 Å². The SMILES string of the molecule is c1ccc2c(-c3ccc(-c4ccc5ccc6c(-c7ccc8cc(-c9cccc%10ccccc9%10)ccc8c7)ccc7ccc4c5c76)cc3)cccc2c1. The van der Waals surface area contributed by atoms with Crippen LogP contribution in [0.15, 0.2) is 194 Å². The van der Waals surface area contributed by atoms with E-state index >= 15 is 0 Å². The summed E-state index contributed by atoms with van der Waals surface area (Å²) < 4.78 is 0. The third kappa shape index (κ3) is 4.48. The van der Waals surface area contributed by atoms with Crippen LogP contribution < -0.4 is 0 Å². The zero-order chi connectivity index (χ0) is 34.2. The largest absolute Gasteiger partial charge is 0.0616 e. The first-order valence-electron chi connectivity index (χ1n) is 18.1. The van der Waals surface area contributed by atoms with Crippen LogP contribution in [0.5, 0.6) is 0 Å². The summed E-state index contributed by atoms with van der Waals surface area (Å²) in [5, 5.41) is 15.4. The van der Waals surface area contributed by atoms with Gasteiger partial charge in [-0.1, -0.05) is 182 Å². The highest BCUT2D eigenvalue weighted by Gasteiger charge is 2.16. The average Bonchev–Trinajstić information content (AvgIpc) is 3.22. The molecule has 0 aliphatic rings. The maximum Gasteiger partial charge on any atom is -0.00203 e. The fourth-order valence-electron chi connectivity index (χ4n) is 8.67. The van der Waals surface area contributed by atoms with Gasteiger partial charge >= 0.3 is 0 Å². The third-order valence-electron chi connectivity index (χ3n) is 11.2. The molecule has 11 aromatic carbocycles. The molecule has 0 N–H and O–H groups in total. The molecule has 0 fully saturated rings. The maximum atomic E-state index is 2.36. The highest BCUT2D eigenvalue weighted by molar-refractivity contribution is 6.27. The van der Waals surface area contributed by atoms with E-state index in [1.54, 1.807) is 0 Å². The lowest BCUT2D eigenvalue weighted by Gasteiger charge is -2.17. The lowest BCUT2D eigenvalue weighted by atomic mass is 9.86. The van der Waals surface area contributed by atoms with Gasteiger partial charge in [-0.15, -0.1) is 0 Å². The summed E-state index contributed by atoms with van der Waals surface area (Å²) in [6.45, 7) is 0. The van der Waals surface area contributed by atoms with Crippen molar-refractivity contribution < 1.29 is 0 Å². The molecule has 0 aliphatic carbocycles. The molecule has 0 heterocycles. The number of benzene rings is 11. The van der Waals surface area contributed by atoms with Crippen LogP contribution in [0.2, 0.25) is 0 Å². The maximum absolute atomic E-state index is 2.36. The molecule has 0 amide bonds. The van der Waals surface area contributed by atoms with Gasteiger partial charge in [-0.05, 0) is 121 Å². The van der Waals surface area contributed by atoms with Crippen LogP contribution in [0.25, 0.3) is 109 Å². The minimum absolute atomic E-state index is 1.24. The van der Waals surface area contributed by atoms with Crippen LogP contribution >= 0.6 is 0 Å². The summed E-state index contributed by atoms with van der Waals surface area (Å²) in [7, 11) is 0. The van der Waals surface area contributed by atoms with Gasteiger partial charge in [-0.2, -0.15) is 0 Å². The van der Waals surface area contributed by atoms with Crippen LogP contribution in [0.1, 0.15) is 0 Å². The topological polar surface area (TPSA) is 0 Å². The number of hydrogen-bond acceptors (Lipinski definition) is 0. The fraction of sp³-hybridized carbons (Fsp3) is 0. The van der Waals surface area contributed by atoms with Crippen molar-refractivity contribution in [3.63, 3.8) is 0 Å². The van der Waals surface area contributed by atoms with Crippen LogP contribution in [0.4, 0.5) is 0 Å². The molecule has 11 rings (SSSR count). The highest BCUT2D eigenvalue weighted by atomic mass is 14.2. The molecular weight excluding hydrogens is 625 g/mol. The minimum Gasteiger partial charge on any atom is -0.0616 e. The molecule has 0 radical (unpaired) electrons. The zero-order valence-electron chi connectivity index (χ0n) is 28.5. The highest BCUT2D eigenvalue weighted by Crippen LogP contribution is 2.43. The zero-order valence-corrected chi connectivity index (χ0v) is 28.5. The van der Waals surface area contributed by atoms with E-state index in [2.05, 4.69) is 194 Å². The molecule has 0 unspecified atom stereocenters. The van der Waals surface area contributed by atoms with Gasteiger partial charge < -0.3 is 0 Å². The van der Waals surface area contributed by atoms with Gasteiger partial charge in [0.15, 0.2) is 0 Å². The molecule has 0 bridgehead atoms. The van der Waals surface area contributed by atoms with Crippen molar-refractivity contribution in [2.75, 3.05) is 0 Å². The van der Waals surface area contributed by atoms with E-state index in [-0.39, 0.29) is 0 Å². The molecule has 0 nitrogen and oxygen atoms in total. The summed E-state index contributed by atoms with van der Waals surface area (Å²) in [5.41, 5.74) is 10.0. The predicted molar refractivity (Wildman–Crippen MR) is 224 cm³/mol. The van der Waals surface area contributed by atoms with Gasteiger partial charge in [-0.3, -0.25) is 0 Å². The second kappa shape index (κ2) is 11.4. The van der Waals surface area contributed by atoms with E-state index in [0.29, 0.717) is 0 Å². The number of hydrogen-bond donors (Lipinski definition) is 0. The van der Waals surface area contributed by atoms with Gasteiger partial charge in [0, 0.05) is 0 Å².